The van der Waals surface area contributed by atoms with Crippen LogP contribution in [0.15, 0.2) is 30.3 Å². The molecule has 4 heteroatoms. The largest absolute Gasteiger partial charge is 0.390 e. The first-order chi connectivity index (χ1) is 9.70. The Morgan fingerprint density at radius 3 is 2.10 bits per heavy atom. The van der Waals surface area contributed by atoms with E-state index in [1.165, 1.54) is 5.56 Å². The molecule has 3 rings (SSSR count). The average Bonchev–Trinajstić information content (AvgIpc) is 2.95. The van der Waals surface area contributed by atoms with Crippen molar-refractivity contribution in [3.8, 4) is 0 Å². The van der Waals surface area contributed by atoms with Gasteiger partial charge in [-0.25, -0.2) is 0 Å². The molecule has 0 bridgehead atoms. The summed E-state index contributed by atoms with van der Waals surface area (Å²) in [5, 5.41) is 10.7. The molecule has 112 valence electrons. The molecular formula is C16H24O3S. The molecule has 0 radical (unpaired) electrons. The standard InChI is InChI=1S/C15H20O3.CH4S/c16-14(12-13-4-2-1-3-5-13)6-8-15(9-7-14)17-10-11-18-15;1-2/h1-5,16H,6-12H2;2H,1H3. The molecule has 3 nitrogen and oxygen atoms in total. The van der Waals surface area contributed by atoms with Gasteiger partial charge in [-0.15, -0.1) is 0 Å². The highest BCUT2D eigenvalue weighted by atomic mass is 32.1. The van der Waals surface area contributed by atoms with Gasteiger partial charge in [0.25, 0.3) is 0 Å². The van der Waals surface area contributed by atoms with Crippen LogP contribution in [0.3, 0.4) is 0 Å². The van der Waals surface area contributed by atoms with Crippen molar-refractivity contribution in [3.05, 3.63) is 35.9 Å². The van der Waals surface area contributed by atoms with E-state index in [0.29, 0.717) is 13.2 Å². The van der Waals surface area contributed by atoms with E-state index in [2.05, 4.69) is 24.8 Å². The Labute approximate surface area is 126 Å². The molecule has 1 spiro atoms. The first kappa shape index (κ1) is 15.8. The zero-order valence-corrected chi connectivity index (χ0v) is 12.9. The normalized spacial score (nSPS) is 23.1. The third-order valence-corrected chi connectivity index (χ3v) is 4.13. The fourth-order valence-electron chi connectivity index (χ4n) is 3.03. The van der Waals surface area contributed by atoms with Crippen LogP contribution < -0.4 is 0 Å². The Kier molecular flexibility index (Phi) is 5.49. The van der Waals surface area contributed by atoms with E-state index >= 15 is 0 Å². The summed E-state index contributed by atoms with van der Waals surface area (Å²) in [6, 6.07) is 10.2. The van der Waals surface area contributed by atoms with Crippen LogP contribution in [-0.4, -0.2) is 36.0 Å². The van der Waals surface area contributed by atoms with Gasteiger partial charge in [0.1, 0.15) is 0 Å². The molecule has 0 atom stereocenters. The van der Waals surface area contributed by atoms with Gasteiger partial charge in [0.15, 0.2) is 5.79 Å². The van der Waals surface area contributed by atoms with Crippen LogP contribution in [0.1, 0.15) is 31.2 Å². The number of rotatable bonds is 2. The lowest BCUT2D eigenvalue weighted by molar-refractivity contribution is -0.202. The summed E-state index contributed by atoms with van der Waals surface area (Å²) >= 11 is 3.53. The highest BCUT2D eigenvalue weighted by Gasteiger charge is 2.45. The first-order valence-corrected chi connectivity index (χ1v) is 8.08. The summed E-state index contributed by atoms with van der Waals surface area (Å²) in [5.41, 5.74) is 0.603. The zero-order valence-electron chi connectivity index (χ0n) is 12.0. The molecule has 1 saturated heterocycles. The van der Waals surface area contributed by atoms with E-state index in [1.54, 1.807) is 6.26 Å². The Morgan fingerprint density at radius 2 is 1.55 bits per heavy atom. The average molecular weight is 296 g/mol. The van der Waals surface area contributed by atoms with Crippen LogP contribution >= 0.6 is 12.6 Å². The number of hydrogen-bond donors (Lipinski definition) is 2. The van der Waals surface area contributed by atoms with Crippen LogP contribution in [0, 0.1) is 0 Å². The van der Waals surface area contributed by atoms with Gasteiger partial charge in [-0.05, 0) is 24.7 Å². The maximum absolute atomic E-state index is 10.7. The fraction of sp³-hybridized carbons (Fsp3) is 0.625. The van der Waals surface area contributed by atoms with Crippen LogP contribution in [0.2, 0.25) is 0 Å². The van der Waals surface area contributed by atoms with Crippen molar-refractivity contribution in [3.63, 3.8) is 0 Å². The molecule has 20 heavy (non-hydrogen) atoms. The minimum absolute atomic E-state index is 0.386. The van der Waals surface area contributed by atoms with Gasteiger partial charge < -0.3 is 14.6 Å². The van der Waals surface area contributed by atoms with E-state index in [9.17, 15) is 5.11 Å². The second-order valence-electron chi connectivity index (χ2n) is 5.49. The topological polar surface area (TPSA) is 38.7 Å². The van der Waals surface area contributed by atoms with E-state index in [-0.39, 0.29) is 5.79 Å². The van der Waals surface area contributed by atoms with Crippen molar-refractivity contribution in [2.45, 2.75) is 43.5 Å². The lowest BCUT2D eigenvalue weighted by Crippen LogP contribution is -2.44. The molecular weight excluding hydrogens is 272 g/mol. The molecule has 1 saturated carbocycles. The molecule has 2 aliphatic rings. The smallest absolute Gasteiger partial charge is 0.168 e. The van der Waals surface area contributed by atoms with Crippen LogP contribution in [0.4, 0.5) is 0 Å². The van der Waals surface area contributed by atoms with Crippen molar-refractivity contribution in [1.29, 1.82) is 0 Å². The molecule has 1 aliphatic heterocycles. The van der Waals surface area contributed by atoms with Crippen molar-refractivity contribution in [2.24, 2.45) is 0 Å². The van der Waals surface area contributed by atoms with E-state index < -0.39 is 5.60 Å². The first-order valence-electron chi connectivity index (χ1n) is 7.19. The van der Waals surface area contributed by atoms with Crippen LogP contribution in [0.5, 0.6) is 0 Å². The van der Waals surface area contributed by atoms with Crippen molar-refractivity contribution in [1.82, 2.24) is 0 Å². The summed E-state index contributed by atoms with van der Waals surface area (Å²) in [6.07, 6.45) is 5.53. The minimum Gasteiger partial charge on any atom is -0.390 e. The molecule has 1 N–H and O–H groups in total. The number of ether oxygens (including phenoxy) is 2. The van der Waals surface area contributed by atoms with E-state index in [1.807, 2.05) is 18.2 Å². The Balaban J connectivity index is 0.000000704. The number of benzene rings is 1. The summed E-state index contributed by atoms with van der Waals surface area (Å²) in [7, 11) is 0. The van der Waals surface area contributed by atoms with Gasteiger partial charge in [0, 0.05) is 19.3 Å². The summed E-state index contributed by atoms with van der Waals surface area (Å²) < 4.78 is 11.4. The maximum atomic E-state index is 10.7. The molecule has 1 aromatic rings. The molecule has 2 fully saturated rings. The second kappa shape index (κ2) is 6.94. The van der Waals surface area contributed by atoms with Crippen molar-refractivity contribution in [2.75, 3.05) is 19.5 Å². The van der Waals surface area contributed by atoms with Gasteiger partial charge in [0.2, 0.25) is 0 Å². The molecule has 1 aromatic carbocycles. The summed E-state index contributed by atoms with van der Waals surface area (Å²) in [6.45, 7) is 1.38. The summed E-state index contributed by atoms with van der Waals surface area (Å²) in [5.74, 6) is -0.386. The fourth-order valence-corrected chi connectivity index (χ4v) is 3.03. The van der Waals surface area contributed by atoms with Crippen molar-refractivity contribution >= 4 is 12.6 Å². The molecule has 0 amide bonds. The van der Waals surface area contributed by atoms with E-state index in [0.717, 1.165) is 32.1 Å². The number of hydrogen-bond acceptors (Lipinski definition) is 4. The van der Waals surface area contributed by atoms with Crippen LogP contribution in [-0.2, 0) is 15.9 Å². The second-order valence-corrected chi connectivity index (χ2v) is 5.49. The quantitative estimate of drug-likeness (QED) is 0.824. The zero-order chi connectivity index (χ0) is 14.5. The molecule has 1 heterocycles. The maximum Gasteiger partial charge on any atom is 0.168 e. The molecule has 0 unspecified atom stereocenters. The highest BCUT2D eigenvalue weighted by molar-refractivity contribution is 7.79. The SMILES string of the molecule is CS.OC1(Cc2ccccc2)CCC2(CC1)OCCO2. The lowest BCUT2D eigenvalue weighted by Gasteiger charge is -2.40. The van der Waals surface area contributed by atoms with Crippen molar-refractivity contribution < 1.29 is 14.6 Å². The van der Waals surface area contributed by atoms with Gasteiger partial charge in [-0.1, -0.05) is 30.3 Å². The van der Waals surface area contributed by atoms with Gasteiger partial charge >= 0.3 is 0 Å². The third-order valence-electron chi connectivity index (χ3n) is 4.13. The third kappa shape index (κ3) is 3.76. The predicted octanol–water partition coefficient (Wildman–Crippen LogP) is 2.82. The van der Waals surface area contributed by atoms with Gasteiger partial charge in [-0.3, -0.25) is 0 Å². The van der Waals surface area contributed by atoms with Crippen LogP contribution in [0.25, 0.3) is 0 Å². The lowest BCUT2D eigenvalue weighted by atomic mass is 9.78. The molecule has 1 aliphatic carbocycles. The minimum atomic E-state index is -0.595. The monoisotopic (exact) mass is 296 g/mol. The predicted molar refractivity (Wildman–Crippen MR) is 83.1 cm³/mol. The van der Waals surface area contributed by atoms with Gasteiger partial charge in [-0.2, -0.15) is 12.6 Å². The Bertz CT molecular complexity index is 391. The highest BCUT2D eigenvalue weighted by Crippen LogP contribution is 2.41. The Hall–Kier alpha value is -0.550. The van der Waals surface area contributed by atoms with E-state index in [4.69, 9.17) is 9.47 Å². The Morgan fingerprint density at radius 1 is 1.00 bits per heavy atom. The molecule has 0 aromatic heterocycles. The van der Waals surface area contributed by atoms with Gasteiger partial charge in [0.05, 0.1) is 18.8 Å². The number of aliphatic hydroxyl groups is 1. The summed E-state index contributed by atoms with van der Waals surface area (Å²) in [4.78, 5) is 0. The number of thiol groups is 1.